The van der Waals surface area contributed by atoms with Gasteiger partial charge in [0, 0.05) is 5.56 Å². The molecule has 0 atom stereocenters. The Labute approximate surface area is 190 Å². The Balaban J connectivity index is 1.85. The van der Waals surface area contributed by atoms with Crippen LogP contribution in [-0.4, -0.2) is 15.9 Å². The second-order valence-corrected chi connectivity index (χ2v) is 8.40. The molecule has 7 nitrogen and oxygen atoms in total. The van der Waals surface area contributed by atoms with Crippen LogP contribution in [0.5, 0.6) is 0 Å². The second-order valence-electron chi connectivity index (χ2n) is 5.74. The van der Waals surface area contributed by atoms with Crippen molar-refractivity contribution in [1.82, 2.24) is 9.97 Å². The number of ether oxygens (including phenoxy) is 1. The Morgan fingerprint density at radius 2 is 1.66 bits per heavy atom. The van der Waals surface area contributed by atoms with Gasteiger partial charge in [0.25, 0.3) is 0 Å². The van der Waals surface area contributed by atoms with Gasteiger partial charge in [0.15, 0.2) is 17.0 Å². The van der Waals surface area contributed by atoms with Gasteiger partial charge in [-0.05, 0) is 12.1 Å². The van der Waals surface area contributed by atoms with E-state index in [1.807, 2.05) is 0 Å². The Morgan fingerprint density at radius 3 is 2.12 bits per heavy atom. The molecule has 0 radical (unpaired) electrons. The number of rotatable bonds is 3. The molecule has 0 fully saturated rings. The molecule has 3 rings (SSSR count). The van der Waals surface area contributed by atoms with Gasteiger partial charge in [-0.1, -0.05) is 35.1 Å². The summed E-state index contributed by atoms with van der Waals surface area (Å²) in [5.74, 6) is -2.43. The lowest BCUT2D eigenvalue weighted by atomic mass is 10.1. The van der Waals surface area contributed by atoms with Crippen LogP contribution in [0.2, 0.25) is 5.02 Å². The van der Waals surface area contributed by atoms with Gasteiger partial charge in [-0.3, -0.25) is 0 Å². The highest BCUT2D eigenvalue weighted by molar-refractivity contribution is 8.24. The van der Waals surface area contributed by atoms with Gasteiger partial charge in [0.1, 0.15) is 40.7 Å². The first-order valence-electron chi connectivity index (χ1n) is 8.03. The minimum atomic E-state index is -4.80. The first kappa shape index (κ1) is 23.4. The van der Waals surface area contributed by atoms with E-state index < -0.39 is 46.3 Å². The number of halogens is 5. The van der Waals surface area contributed by atoms with Gasteiger partial charge >= 0.3 is 12.1 Å². The van der Waals surface area contributed by atoms with Crippen LogP contribution in [-0.2, 0) is 22.3 Å². The van der Waals surface area contributed by atoms with Crippen molar-refractivity contribution in [2.24, 2.45) is 0 Å². The van der Waals surface area contributed by atoms with Crippen molar-refractivity contribution < 1.29 is 27.1 Å². The van der Waals surface area contributed by atoms with Crippen LogP contribution in [0.3, 0.4) is 0 Å². The highest BCUT2D eigenvalue weighted by Gasteiger charge is 2.33. The van der Waals surface area contributed by atoms with E-state index in [0.717, 1.165) is 23.5 Å². The number of nitrogens with zero attached hydrogens (tertiary/aromatic N) is 5. The summed E-state index contributed by atoms with van der Waals surface area (Å²) in [4.78, 5) is 20.2. The fourth-order valence-corrected chi connectivity index (χ4v) is 4.78. The molecule has 0 amide bonds. The minimum Gasteiger partial charge on any atom is -0.457 e. The number of benzene rings is 1. The van der Waals surface area contributed by atoms with Crippen molar-refractivity contribution in [2.75, 3.05) is 0 Å². The molecule has 32 heavy (non-hydrogen) atoms. The van der Waals surface area contributed by atoms with E-state index in [1.54, 1.807) is 18.2 Å². The lowest BCUT2D eigenvalue weighted by molar-refractivity contribution is -0.139. The zero-order valence-corrected chi connectivity index (χ0v) is 17.5. The standard InChI is InChI=1S/C18H4ClF4N5O2S2/c19-10-2-8(18(21,22)23)1-7(13(10)20)6-30-16(29)9(3-24)17-31-14-15(32-17)28-12(5-26)11(4-25)27-14/h1-2H,6H2. The Morgan fingerprint density at radius 1 is 1.09 bits per heavy atom. The largest absolute Gasteiger partial charge is 0.457 e. The maximum absolute atomic E-state index is 14.1. The Hall–Kier alpha value is -3.31. The third kappa shape index (κ3) is 4.63. The molecule has 0 spiro atoms. The second kappa shape index (κ2) is 9.05. The van der Waals surface area contributed by atoms with E-state index >= 15 is 0 Å². The molecule has 160 valence electrons. The van der Waals surface area contributed by atoms with Crippen LogP contribution < -0.4 is 0 Å². The van der Waals surface area contributed by atoms with E-state index in [1.165, 1.54) is 0 Å². The van der Waals surface area contributed by atoms with Crippen LogP contribution in [0.25, 0.3) is 0 Å². The predicted molar refractivity (Wildman–Crippen MR) is 102 cm³/mol. The van der Waals surface area contributed by atoms with Crippen molar-refractivity contribution in [3.8, 4) is 18.2 Å². The topological polar surface area (TPSA) is 123 Å². The van der Waals surface area contributed by atoms with Crippen LogP contribution in [0.4, 0.5) is 17.6 Å². The van der Waals surface area contributed by atoms with Crippen molar-refractivity contribution in [1.29, 1.82) is 15.8 Å². The third-order valence-corrected chi connectivity index (χ3v) is 6.37. The van der Waals surface area contributed by atoms with Crippen LogP contribution in [0, 0.1) is 39.8 Å². The van der Waals surface area contributed by atoms with Gasteiger partial charge < -0.3 is 4.74 Å². The first-order valence-corrected chi connectivity index (χ1v) is 10.0. The summed E-state index contributed by atoms with van der Waals surface area (Å²) in [6, 6.07) is 5.87. The fourth-order valence-electron chi connectivity index (χ4n) is 2.30. The fraction of sp³-hybridized carbons (Fsp3) is 0.111. The van der Waals surface area contributed by atoms with E-state index in [4.69, 9.17) is 26.9 Å². The zero-order chi connectivity index (χ0) is 23.6. The molecule has 1 aliphatic rings. The SMILES string of the molecule is N#CC(C(=O)OCc1cc(C(F)(F)F)cc(Cl)c1F)=C1Sc2nc(C#N)c(C#N)nc2S1. The molecular formula is C18H4ClF4N5O2S2. The van der Waals surface area contributed by atoms with Crippen molar-refractivity contribution in [3.05, 3.63) is 55.3 Å². The van der Waals surface area contributed by atoms with Gasteiger partial charge in [-0.2, -0.15) is 29.0 Å². The summed E-state index contributed by atoms with van der Waals surface area (Å²) < 4.78 is 57.7. The number of esters is 1. The number of hydrogen-bond donors (Lipinski definition) is 0. The van der Waals surface area contributed by atoms with Gasteiger partial charge in [0.05, 0.1) is 14.8 Å². The number of thioether (sulfide) groups is 2. The number of alkyl halides is 3. The normalized spacial score (nSPS) is 12.4. The highest BCUT2D eigenvalue weighted by Crippen LogP contribution is 2.50. The van der Waals surface area contributed by atoms with Crippen LogP contribution in [0.1, 0.15) is 22.5 Å². The Bertz CT molecular complexity index is 1260. The van der Waals surface area contributed by atoms with Gasteiger partial charge in [0.2, 0.25) is 0 Å². The lowest BCUT2D eigenvalue weighted by Gasteiger charge is -2.12. The van der Waals surface area contributed by atoms with Crippen LogP contribution >= 0.6 is 35.1 Å². The summed E-state index contributed by atoms with van der Waals surface area (Å²) in [6.07, 6.45) is -4.80. The van der Waals surface area contributed by atoms with E-state index in [-0.39, 0.29) is 25.7 Å². The average Bonchev–Trinajstić information content (AvgIpc) is 3.15. The number of aromatic nitrogens is 2. The van der Waals surface area contributed by atoms with Crippen molar-refractivity contribution in [2.45, 2.75) is 22.8 Å². The third-order valence-electron chi connectivity index (χ3n) is 3.73. The molecule has 0 bridgehead atoms. The summed E-state index contributed by atoms with van der Waals surface area (Å²) in [7, 11) is 0. The monoisotopic (exact) mass is 497 g/mol. The molecule has 14 heteroatoms. The predicted octanol–water partition coefficient (Wildman–Crippen LogP) is 4.71. The van der Waals surface area contributed by atoms with Gasteiger partial charge in [-0.25, -0.2) is 19.2 Å². The first-order chi connectivity index (χ1) is 15.1. The van der Waals surface area contributed by atoms with E-state index in [9.17, 15) is 27.6 Å². The van der Waals surface area contributed by atoms with Crippen molar-refractivity contribution in [3.63, 3.8) is 0 Å². The molecule has 0 saturated heterocycles. The molecule has 0 unspecified atom stereocenters. The number of carbonyl (C=O) groups is 1. The number of hydrogen-bond acceptors (Lipinski definition) is 9. The number of carbonyl (C=O) groups excluding carboxylic acids is 1. The summed E-state index contributed by atoms with van der Waals surface area (Å²) >= 11 is 7.13. The van der Waals surface area contributed by atoms with E-state index in [0.29, 0.717) is 12.1 Å². The molecule has 2 heterocycles. The maximum Gasteiger partial charge on any atom is 0.416 e. The molecule has 1 aromatic carbocycles. The number of nitriles is 3. The smallest absolute Gasteiger partial charge is 0.416 e. The van der Waals surface area contributed by atoms with Crippen LogP contribution in [0.15, 0.2) is 32.0 Å². The van der Waals surface area contributed by atoms with Gasteiger partial charge in [-0.15, -0.1) is 0 Å². The summed E-state index contributed by atoms with van der Waals surface area (Å²) in [6.45, 7) is -0.914. The molecule has 2 aromatic rings. The lowest BCUT2D eigenvalue weighted by Crippen LogP contribution is -2.11. The van der Waals surface area contributed by atoms with Crippen molar-refractivity contribution >= 4 is 41.1 Å². The number of fused-ring (bicyclic) bond motifs is 1. The Kier molecular flexibility index (Phi) is 6.60. The summed E-state index contributed by atoms with van der Waals surface area (Å²) in [5.41, 5.74) is -2.87. The van der Waals surface area contributed by atoms with E-state index in [2.05, 4.69) is 9.97 Å². The molecular weight excluding hydrogens is 494 g/mol. The zero-order valence-electron chi connectivity index (χ0n) is 15.1. The average molecular weight is 498 g/mol. The quantitative estimate of drug-likeness (QED) is 0.256. The molecule has 1 aromatic heterocycles. The summed E-state index contributed by atoms with van der Waals surface area (Å²) in [5, 5.41) is 26.9. The minimum absolute atomic E-state index is 0.0639. The highest BCUT2D eigenvalue weighted by atomic mass is 35.5. The molecule has 0 aliphatic carbocycles. The molecule has 0 N–H and O–H groups in total. The maximum atomic E-state index is 14.1. The molecule has 1 aliphatic heterocycles. The molecule has 0 saturated carbocycles.